The molecule has 0 saturated carbocycles. The van der Waals surface area contributed by atoms with Crippen LogP contribution in [0.5, 0.6) is 0 Å². The van der Waals surface area contributed by atoms with Gasteiger partial charge in [-0.25, -0.2) is 0 Å². The molecule has 2 nitrogen and oxygen atoms in total. The molecule has 0 aliphatic rings. The highest BCUT2D eigenvalue weighted by Gasteiger charge is 2.15. The largest absolute Gasteiger partial charge is 0.354 e. The number of nitrogens with two attached hydrogens (primary N) is 1. The summed E-state index contributed by atoms with van der Waals surface area (Å²) in [6, 6.07) is 12.5. The van der Waals surface area contributed by atoms with E-state index in [0.29, 0.717) is 0 Å². The van der Waals surface area contributed by atoms with Gasteiger partial charge in [0.05, 0.1) is 0 Å². The number of nitrogens with one attached hydrogen (secondary N) is 1. The molecule has 23 heavy (non-hydrogen) atoms. The first kappa shape index (κ1) is 16.1. The fourth-order valence-corrected chi connectivity index (χ4v) is 3.35. The van der Waals surface area contributed by atoms with Gasteiger partial charge in [0.1, 0.15) is 0 Å². The van der Waals surface area contributed by atoms with Gasteiger partial charge in [0.25, 0.3) is 0 Å². The fraction of sp³-hybridized carbons (Fsp3) is 0.300. The molecule has 3 N–H and O–H groups in total. The summed E-state index contributed by atoms with van der Waals surface area (Å²) in [5, 5.41) is 2.09. The van der Waals surface area contributed by atoms with Crippen LogP contribution in [0.2, 0.25) is 5.02 Å². The molecule has 0 spiro atoms. The molecule has 2 aromatic carbocycles. The zero-order valence-corrected chi connectivity index (χ0v) is 14.5. The normalized spacial score (nSPS) is 11.3. The third kappa shape index (κ3) is 3.15. The quantitative estimate of drug-likeness (QED) is 0.607. The molecule has 0 saturated heterocycles. The lowest BCUT2D eigenvalue weighted by Crippen LogP contribution is -1.99. The summed E-state index contributed by atoms with van der Waals surface area (Å²) in [5.74, 6) is 0. The maximum Gasteiger partial charge on any atom is 0.0497 e. The van der Waals surface area contributed by atoms with Gasteiger partial charge in [-0.1, -0.05) is 35.9 Å². The number of H-pyrrole nitrogens is 1. The average molecular weight is 327 g/mol. The van der Waals surface area contributed by atoms with Crippen molar-refractivity contribution in [3.05, 3.63) is 58.1 Å². The van der Waals surface area contributed by atoms with Crippen LogP contribution >= 0.6 is 11.6 Å². The summed E-state index contributed by atoms with van der Waals surface area (Å²) in [4.78, 5) is 3.65. The maximum atomic E-state index is 6.20. The van der Waals surface area contributed by atoms with Crippen molar-refractivity contribution in [1.82, 2.24) is 4.98 Å². The first-order valence-corrected chi connectivity index (χ1v) is 8.56. The van der Waals surface area contributed by atoms with Gasteiger partial charge in [0, 0.05) is 21.6 Å². The summed E-state index contributed by atoms with van der Waals surface area (Å²) >= 11 is 6.20. The Morgan fingerprint density at radius 3 is 2.65 bits per heavy atom. The molecule has 3 heteroatoms. The first-order valence-electron chi connectivity index (χ1n) is 8.18. The number of hydrogen-bond donors (Lipinski definition) is 2. The SMILES string of the molecule is Cc1ccc2c(CCCCN)c(-c3cccc(Cl)c3)[nH]c2c1C. The van der Waals surface area contributed by atoms with Gasteiger partial charge < -0.3 is 10.7 Å². The number of aromatic nitrogens is 1. The highest BCUT2D eigenvalue weighted by molar-refractivity contribution is 6.30. The second-order valence-electron chi connectivity index (χ2n) is 6.16. The molecule has 1 heterocycles. The molecule has 0 fully saturated rings. The van der Waals surface area contributed by atoms with E-state index in [-0.39, 0.29) is 0 Å². The van der Waals surface area contributed by atoms with E-state index in [1.165, 1.54) is 33.3 Å². The van der Waals surface area contributed by atoms with E-state index < -0.39 is 0 Å². The molecule has 0 aliphatic heterocycles. The van der Waals surface area contributed by atoms with Crippen LogP contribution in [0.3, 0.4) is 0 Å². The van der Waals surface area contributed by atoms with Crippen molar-refractivity contribution in [1.29, 1.82) is 0 Å². The van der Waals surface area contributed by atoms with Gasteiger partial charge in [0.15, 0.2) is 0 Å². The van der Waals surface area contributed by atoms with Crippen LogP contribution in [0, 0.1) is 13.8 Å². The predicted molar refractivity (Wildman–Crippen MR) is 100 cm³/mol. The predicted octanol–water partition coefficient (Wildman–Crippen LogP) is 5.39. The van der Waals surface area contributed by atoms with Crippen LogP contribution in [0.4, 0.5) is 0 Å². The molecule has 0 unspecified atom stereocenters. The van der Waals surface area contributed by atoms with Crippen molar-refractivity contribution < 1.29 is 0 Å². The lowest BCUT2D eigenvalue weighted by atomic mass is 9.98. The number of unbranched alkanes of at least 4 members (excludes halogenated alkanes) is 1. The molecule has 0 aliphatic carbocycles. The minimum absolute atomic E-state index is 0.743. The molecule has 120 valence electrons. The highest BCUT2D eigenvalue weighted by atomic mass is 35.5. The van der Waals surface area contributed by atoms with Gasteiger partial charge in [0.2, 0.25) is 0 Å². The molecule has 1 aromatic heterocycles. The summed E-state index contributed by atoms with van der Waals surface area (Å²) in [5.41, 5.74) is 13.2. The standard InChI is InChI=1S/C20H23ClN2/c1-13-9-10-18-17(8-3-4-11-22)20(23-19(18)14(13)2)15-6-5-7-16(21)12-15/h5-7,9-10,12,23H,3-4,8,11,22H2,1-2H3. The minimum atomic E-state index is 0.743. The monoisotopic (exact) mass is 326 g/mol. The molecular weight excluding hydrogens is 304 g/mol. The zero-order valence-electron chi connectivity index (χ0n) is 13.7. The van der Waals surface area contributed by atoms with Gasteiger partial charge >= 0.3 is 0 Å². The van der Waals surface area contributed by atoms with Gasteiger partial charge in [-0.15, -0.1) is 0 Å². The molecule has 0 amide bonds. The van der Waals surface area contributed by atoms with Crippen LogP contribution in [0.25, 0.3) is 22.2 Å². The number of halogens is 1. The Morgan fingerprint density at radius 2 is 1.91 bits per heavy atom. The van der Waals surface area contributed by atoms with Gasteiger partial charge in [-0.2, -0.15) is 0 Å². The number of rotatable bonds is 5. The van der Waals surface area contributed by atoms with E-state index in [4.69, 9.17) is 17.3 Å². The fourth-order valence-electron chi connectivity index (χ4n) is 3.16. The van der Waals surface area contributed by atoms with Crippen LogP contribution in [0.15, 0.2) is 36.4 Å². The summed E-state index contributed by atoms with van der Waals surface area (Å²) in [7, 11) is 0. The van der Waals surface area contributed by atoms with E-state index in [2.05, 4.69) is 37.0 Å². The summed E-state index contributed by atoms with van der Waals surface area (Å²) in [6.07, 6.45) is 3.18. The molecule has 0 radical (unpaired) electrons. The minimum Gasteiger partial charge on any atom is -0.354 e. The van der Waals surface area contributed by atoms with Crippen molar-refractivity contribution in [2.75, 3.05) is 6.54 Å². The van der Waals surface area contributed by atoms with Crippen molar-refractivity contribution in [2.45, 2.75) is 33.1 Å². The van der Waals surface area contributed by atoms with E-state index in [9.17, 15) is 0 Å². The van der Waals surface area contributed by atoms with E-state index >= 15 is 0 Å². The van der Waals surface area contributed by atoms with Crippen molar-refractivity contribution in [2.24, 2.45) is 5.73 Å². The van der Waals surface area contributed by atoms with E-state index in [1.54, 1.807) is 0 Å². The second-order valence-corrected chi connectivity index (χ2v) is 6.60. The van der Waals surface area contributed by atoms with Crippen molar-refractivity contribution in [3.8, 4) is 11.3 Å². The average Bonchev–Trinajstić information content (AvgIpc) is 2.91. The molecular formula is C20H23ClN2. The third-order valence-electron chi connectivity index (χ3n) is 4.61. The Labute approximate surface area is 142 Å². The lowest BCUT2D eigenvalue weighted by Gasteiger charge is -2.06. The topological polar surface area (TPSA) is 41.8 Å². The Hall–Kier alpha value is -1.77. The lowest BCUT2D eigenvalue weighted by molar-refractivity contribution is 0.748. The Balaban J connectivity index is 2.18. The van der Waals surface area contributed by atoms with Crippen LogP contribution in [0.1, 0.15) is 29.5 Å². The molecule has 0 bridgehead atoms. The summed E-state index contributed by atoms with van der Waals surface area (Å²) < 4.78 is 0. The molecule has 3 aromatic rings. The second kappa shape index (κ2) is 6.77. The number of benzene rings is 2. The van der Waals surface area contributed by atoms with Crippen molar-refractivity contribution in [3.63, 3.8) is 0 Å². The highest BCUT2D eigenvalue weighted by Crippen LogP contribution is 2.34. The number of hydrogen-bond acceptors (Lipinski definition) is 1. The van der Waals surface area contributed by atoms with Crippen LogP contribution in [-0.2, 0) is 6.42 Å². The zero-order chi connectivity index (χ0) is 16.4. The van der Waals surface area contributed by atoms with E-state index in [1.807, 2.05) is 18.2 Å². The first-order chi connectivity index (χ1) is 11.1. The summed E-state index contributed by atoms with van der Waals surface area (Å²) in [6.45, 7) is 5.08. The third-order valence-corrected chi connectivity index (χ3v) is 4.84. The van der Waals surface area contributed by atoms with E-state index in [0.717, 1.165) is 36.4 Å². The molecule has 0 atom stereocenters. The number of fused-ring (bicyclic) bond motifs is 1. The Kier molecular flexibility index (Phi) is 4.74. The van der Waals surface area contributed by atoms with Crippen LogP contribution < -0.4 is 5.73 Å². The van der Waals surface area contributed by atoms with Gasteiger partial charge in [-0.05, 0) is 74.0 Å². The van der Waals surface area contributed by atoms with Crippen molar-refractivity contribution >= 4 is 22.5 Å². The smallest absolute Gasteiger partial charge is 0.0497 e. The van der Waals surface area contributed by atoms with Crippen LogP contribution in [-0.4, -0.2) is 11.5 Å². The maximum absolute atomic E-state index is 6.20. The molecule has 3 rings (SSSR count). The number of aryl methyl sites for hydroxylation is 3. The van der Waals surface area contributed by atoms with Gasteiger partial charge in [-0.3, -0.25) is 0 Å². The Morgan fingerprint density at radius 1 is 1.09 bits per heavy atom. The number of aromatic amines is 1. The Bertz CT molecular complexity index is 833.